The Morgan fingerprint density at radius 1 is 0.882 bits per heavy atom. The minimum atomic E-state index is -0.609. The zero-order valence-electron chi connectivity index (χ0n) is 17.4. The van der Waals surface area contributed by atoms with Crippen molar-refractivity contribution >= 4 is 70.0 Å². The van der Waals surface area contributed by atoms with E-state index in [2.05, 4.69) is 10.2 Å². The first-order chi connectivity index (χ1) is 16.3. The fraction of sp³-hybridized carbons (Fsp3) is 0.0417. The molecule has 1 aliphatic rings. The van der Waals surface area contributed by atoms with Gasteiger partial charge in [0.1, 0.15) is 11.5 Å². The van der Waals surface area contributed by atoms with Crippen LogP contribution in [0.25, 0.3) is 17.5 Å². The number of benzene rings is 3. The number of thioether (sulfide) groups is 1. The summed E-state index contributed by atoms with van der Waals surface area (Å²) in [4.78, 5) is 0.813. The van der Waals surface area contributed by atoms with Crippen LogP contribution in [0.2, 0.25) is 20.1 Å². The molecule has 0 saturated carbocycles. The monoisotopic (exact) mass is 548 g/mol. The third kappa shape index (κ3) is 4.49. The van der Waals surface area contributed by atoms with Crippen LogP contribution < -0.4 is 0 Å². The van der Waals surface area contributed by atoms with Crippen molar-refractivity contribution in [2.24, 2.45) is 5.10 Å². The van der Waals surface area contributed by atoms with Crippen LogP contribution in [-0.2, 0) is 0 Å². The smallest absolute Gasteiger partial charge is 0.205 e. The first-order valence-electron chi connectivity index (χ1n) is 9.91. The van der Waals surface area contributed by atoms with E-state index in [9.17, 15) is 4.39 Å². The zero-order chi connectivity index (χ0) is 24.0. The fourth-order valence-electron chi connectivity index (χ4n) is 3.35. The van der Waals surface area contributed by atoms with Gasteiger partial charge in [-0.3, -0.25) is 0 Å². The Morgan fingerprint density at radius 2 is 1.65 bits per heavy atom. The highest BCUT2D eigenvalue weighted by Gasteiger charge is 2.26. The number of hydrogen-bond donors (Lipinski definition) is 0. The van der Waals surface area contributed by atoms with Gasteiger partial charge in [-0.1, -0.05) is 82.3 Å². The van der Waals surface area contributed by atoms with E-state index in [0.717, 1.165) is 21.6 Å². The molecule has 0 spiro atoms. The lowest BCUT2D eigenvalue weighted by Crippen LogP contribution is -2.12. The summed E-state index contributed by atoms with van der Waals surface area (Å²) in [6, 6.07) is 15.8. The van der Waals surface area contributed by atoms with E-state index in [1.807, 2.05) is 43.3 Å². The summed E-state index contributed by atoms with van der Waals surface area (Å²) < 4.78 is 15.8. The molecule has 0 radical (unpaired) electrons. The highest BCUT2D eigenvalue weighted by molar-refractivity contribution is 8.04. The summed E-state index contributed by atoms with van der Waals surface area (Å²) in [5, 5.41) is 15.1. The quantitative estimate of drug-likeness (QED) is 0.241. The summed E-state index contributed by atoms with van der Waals surface area (Å²) in [7, 11) is 0. The van der Waals surface area contributed by atoms with Crippen molar-refractivity contribution in [3.63, 3.8) is 0 Å². The van der Waals surface area contributed by atoms with Gasteiger partial charge in [0.25, 0.3) is 0 Å². The van der Waals surface area contributed by atoms with Crippen molar-refractivity contribution in [2.45, 2.75) is 12.1 Å². The van der Waals surface area contributed by atoms with Crippen LogP contribution in [0.15, 0.2) is 69.8 Å². The topological polar surface area (TPSA) is 43.1 Å². The van der Waals surface area contributed by atoms with Gasteiger partial charge in [-0.05, 0) is 54.6 Å². The average molecular weight is 550 g/mol. The Labute approximate surface area is 219 Å². The molecule has 4 aromatic rings. The molecular weight excluding hydrogens is 537 g/mol. The molecule has 34 heavy (non-hydrogen) atoms. The number of nitrogens with zero attached hydrogens (tertiary/aromatic N) is 4. The number of hydrogen-bond acceptors (Lipinski definition) is 4. The van der Waals surface area contributed by atoms with Gasteiger partial charge in [0.2, 0.25) is 5.16 Å². The largest absolute Gasteiger partial charge is 0.217 e. The molecule has 1 aromatic heterocycles. The highest BCUT2D eigenvalue weighted by atomic mass is 35.5. The van der Waals surface area contributed by atoms with Crippen molar-refractivity contribution in [2.75, 3.05) is 0 Å². The molecule has 0 atom stereocenters. The first-order valence-corrected chi connectivity index (χ1v) is 12.2. The fourth-order valence-corrected chi connectivity index (χ4v) is 5.21. The van der Waals surface area contributed by atoms with E-state index >= 15 is 0 Å². The van der Waals surface area contributed by atoms with Crippen LogP contribution in [0.4, 0.5) is 4.39 Å². The average Bonchev–Trinajstić information content (AvgIpc) is 3.21. The molecular formula is C24H13Cl4FN4S. The van der Waals surface area contributed by atoms with E-state index in [0.29, 0.717) is 32.3 Å². The second-order valence-corrected chi connectivity index (χ2v) is 10.1. The van der Waals surface area contributed by atoms with Crippen LogP contribution in [-0.4, -0.2) is 20.6 Å². The third-order valence-electron chi connectivity index (χ3n) is 5.07. The highest BCUT2D eigenvalue weighted by Crippen LogP contribution is 2.39. The molecule has 0 fully saturated rings. The molecule has 3 aromatic carbocycles. The van der Waals surface area contributed by atoms with Crippen LogP contribution >= 0.6 is 58.2 Å². The van der Waals surface area contributed by atoms with Gasteiger partial charge in [-0.2, -0.15) is 9.78 Å². The number of halogens is 5. The molecule has 0 aliphatic carbocycles. The molecule has 170 valence electrons. The molecule has 10 heteroatoms. The maximum absolute atomic E-state index is 14.2. The Morgan fingerprint density at radius 3 is 2.38 bits per heavy atom. The molecule has 0 bridgehead atoms. The number of allylic oxidation sites excluding steroid dienone is 1. The van der Waals surface area contributed by atoms with Crippen molar-refractivity contribution < 1.29 is 4.39 Å². The Hall–Kier alpha value is -2.35. The Kier molecular flexibility index (Phi) is 6.44. The van der Waals surface area contributed by atoms with Gasteiger partial charge in [0.15, 0.2) is 5.82 Å². The summed E-state index contributed by atoms with van der Waals surface area (Å²) in [6.45, 7) is 2.01. The van der Waals surface area contributed by atoms with E-state index in [4.69, 9.17) is 51.5 Å². The van der Waals surface area contributed by atoms with E-state index in [1.54, 1.807) is 16.8 Å². The lowest BCUT2D eigenvalue weighted by atomic mass is 10.1. The van der Waals surface area contributed by atoms with E-state index < -0.39 is 5.82 Å². The molecule has 5 rings (SSSR count). The summed E-state index contributed by atoms with van der Waals surface area (Å²) in [6.07, 6.45) is 1.93. The van der Waals surface area contributed by atoms with Crippen molar-refractivity contribution in [3.05, 3.63) is 102 Å². The molecule has 0 amide bonds. The van der Waals surface area contributed by atoms with Gasteiger partial charge in [0.05, 0.1) is 10.0 Å². The van der Waals surface area contributed by atoms with Gasteiger partial charge in [-0.15, -0.1) is 10.2 Å². The molecule has 0 unspecified atom stereocenters. The molecule has 1 aliphatic heterocycles. The predicted octanol–water partition coefficient (Wildman–Crippen LogP) is 8.41. The van der Waals surface area contributed by atoms with Gasteiger partial charge in [-0.25, -0.2) is 4.39 Å². The Bertz CT molecular complexity index is 1500. The minimum Gasteiger partial charge on any atom is -0.205 e. The van der Waals surface area contributed by atoms with Gasteiger partial charge >= 0.3 is 0 Å². The predicted molar refractivity (Wildman–Crippen MR) is 139 cm³/mol. The molecule has 0 N–H and O–H groups in total. The SMILES string of the molecule is Cc1ccc(C2=Nn3c(nnc3-c3cc(F)c(Cl)cc3Cl)S/C2=C\c2ccc(Cl)cc2Cl)cc1. The first kappa shape index (κ1) is 23.4. The summed E-state index contributed by atoms with van der Waals surface area (Å²) in [5.74, 6) is -0.307. The van der Waals surface area contributed by atoms with Gasteiger partial charge in [0, 0.05) is 26.1 Å². The maximum Gasteiger partial charge on any atom is 0.217 e. The molecule has 2 heterocycles. The molecule has 4 nitrogen and oxygen atoms in total. The molecule has 0 saturated heterocycles. The number of rotatable bonds is 3. The van der Waals surface area contributed by atoms with Gasteiger partial charge < -0.3 is 0 Å². The third-order valence-corrected chi connectivity index (χ3v) is 7.20. The van der Waals surface area contributed by atoms with Crippen molar-refractivity contribution in [1.82, 2.24) is 14.9 Å². The Balaban J connectivity index is 1.69. The standard InChI is InChI=1S/C24H13Cl4FN4S/c1-12-2-4-13(5-3-12)22-21(8-14-6-7-15(25)9-17(14)26)34-24-31-30-23(33(24)32-22)16-10-20(29)19(28)11-18(16)27/h2-11H,1H3/b21-8-. The minimum absolute atomic E-state index is 0.0737. The normalized spacial score (nSPS) is 14.3. The lowest BCUT2D eigenvalue weighted by Gasteiger charge is -2.18. The lowest BCUT2D eigenvalue weighted by molar-refractivity contribution is 0.628. The second-order valence-electron chi connectivity index (χ2n) is 7.46. The zero-order valence-corrected chi connectivity index (χ0v) is 21.2. The number of aromatic nitrogens is 3. The maximum atomic E-state index is 14.2. The van der Waals surface area contributed by atoms with Crippen LogP contribution in [0.1, 0.15) is 16.7 Å². The second kappa shape index (κ2) is 9.36. The number of aryl methyl sites for hydroxylation is 1. The van der Waals surface area contributed by atoms with Crippen LogP contribution in [0.3, 0.4) is 0 Å². The number of fused-ring (bicyclic) bond motifs is 1. The van der Waals surface area contributed by atoms with E-state index in [-0.39, 0.29) is 10.0 Å². The van der Waals surface area contributed by atoms with E-state index in [1.165, 1.54) is 23.9 Å². The van der Waals surface area contributed by atoms with Crippen LogP contribution in [0.5, 0.6) is 0 Å². The van der Waals surface area contributed by atoms with Crippen molar-refractivity contribution in [1.29, 1.82) is 0 Å². The van der Waals surface area contributed by atoms with Crippen LogP contribution in [0, 0.1) is 12.7 Å². The summed E-state index contributed by atoms with van der Waals surface area (Å²) >= 11 is 26.1. The van der Waals surface area contributed by atoms with Crippen molar-refractivity contribution in [3.8, 4) is 11.4 Å². The summed E-state index contributed by atoms with van der Waals surface area (Å²) in [5.41, 5.74) is 3.80.